The summed E-state index contributed by atoms with van der Waals surface area (Å²) in [4.78, 5) is 18.3. The number of aromatic nitrogens is 1. The maximum Gasteiger partial charge on any atom is 0.324 e. The number of thiazole rings is 1. The second kappa shape index (κ2) is 5.37. The van der Waals surface area contributed by atoms with Crippen molar-refractivity contribution in [2.75, 3.05) is 11.9 Å². The highest BCUT2D eigenvalue weighted by atomic mass is 32.1. The van der Waals surface area contributed by atoms with Gasteiger partial charge in [0.05, 0.1) is 13.1 Å². The highest BCUT2D eigenvalue weighted by molar-refractivity contribution is 7.13. The van der Waals surface area contributed by atoms with E-state index in [1.807, 2.05) is 43.5 Å². The molecule has 110 valence electrons. The number of hydrogen-bond acceptors (Lipinski definition) is 4. The third-order valence-corrected chi connectivity index (χ3v) is 3.91. The van der Waals surface area contributed by atoms with Gasteiger partial charge in [-0.3, -0.25) is 5.32 Å². The van der Waals surface area contributed by atoms with Gasteiger partial charge in [0.1, 0.15) is 11.4 Å². The van der Waals surface area contributed by atoms with E-state index in [-0.39, 0.29) is 6.03 Å². The van der Waals surface area contributed by atoms with Crippen LogP contribution in [0.5, 0.6) is 5.75 Å². The molecule has 0 radical (unpaired) electrons. The molecule has 0 saturated carbocycles. The van der Waals surface area contributed by atoms with Crippen LogP contribution < -0.4 is 10.1 Å². The lowest BCUT2D eigenvalue weighted by molar-refractivity contribution is 0.0835. The number of fused-ring (bicyclic) bond motifs is 1. The topological polar surface area (TPSA) is 54.5 Å². The van der Waals surface area contributed by atoms with Crippen LogP contribution in [0.2, 0.25) is 0 Å². The average Bonchev–Trinajstić information content (AvgIpc) is 2.87. The minimum atomic E-state index is -0.438. The number of para-hydroxylation sites is 1. The number of rotatable bonds is 1. The molecule has 6 heteroatoms. The van der Waals surface area contributed by atoms with Crippen LogP contribution in [0, 0.1) is 0 Å². The van der Waals surface area contributed by atoms with Gasteiger partial charge in [-0.15, -0.1) is 11.3 Å². The van der Waals surface area contributed by atoms with E-state index in [2.05, 4.69) is 10.3 Å². The van der Waals surface area contributed by atoms with Crippen molar-refractivity contribution >= 4 is 22.5 Å². The van der Waals surface area contributed by atoms with Crippen molar-refractivity contribution < 1.29 is 9.53 Å². The average molecular weight is 303 g/mol. The molecule has 1 aromatic carbocycles. The Morgan fingerprint density at radius 3 is 3.00 bits per heavy atom. The molecule has 21 heavy (non-hydrogen) atoms. The standard InChI is InChI=1S/C15H17N3O2S/c1-15(2)10-18(14(19)17-13-16-7-8-21-13)9-11-5-3-4-6-12(11)20-15/h3-8H,9-10H2,1-2H3,(H,16,17,19). The van der Waals surface area contributed by atoms with Crippen molar-refractivity contribution in [2.24, 2.45) is 0 Å². The first-order valence-corrected chi connectivity index (χ1v) is 7.64. The molecule has 1 aliphatic heterocycles. The van der Waals surface area contributed by atoms with Crippen molar-refractivity contribution in [2.45, 2.75) is 26.0 Å². The van der Waals surface area contributed by atoms with Crippen LogP contribution in [0.1, 0.15) is 19.4 Å². The molecular formula is C15H17N3O2S. The lowest BCUT2D eigenvalue weighted by atomic mass is 10.1. The monoisotopic (exact) mass is 303 g/mol. The zero-order chi connectivity index (χ0) is 14.9. The van der Waals surface area contributed by atoms with Gasteiger partial charge in [0.25, 0.3) is 0 Å². The molecular weight excluding hydrogens is 286 g/mol. The second-order valence-corrected chi connectivity index (χ2v) is 6.49. The van der Waals surface area contributed by atoms with E-state index >= 15 is 0 Å². The number of carbonyl (C=O) groups is 1. The van der Waals surface area contributed by atoms with E-state index in [9.17, 15) is 4.79 Å². The number of nitrogens with zero attached hydrogens (tertiary/aromatic N) is 2. The zero-order valence-electron chi connectivity index (χ0n) is 12.0. The van der Waals surface area contributed by atoms with E-state index in [0.29, 0.717) is 18.2 Å². The fraction of sp³-hybridized carbons (Fsp3) is 0.333. The molecule has 0 unspecified atom stereocenters. The second-order valence-electron chi connectivity index (χ2n) is 5.59. The molecule has 3 rings (SSSR count). The molecule has 2 amide bonds. The number of urea groups is 1. The summed E-state index contributed by atoms with van der Waals surface area (Å²) in [6.45, 7) is 5.01. The maximum absolute atomic E-state index is 12.4. The predicted octanol–water partition coefficient (Wildman–Crippen LogP) is 3.35. The summed E-state index contributed by atoms with van der Waals surface area (Å²) in [5.74, 6) is 0.840. The third-order valence-electron chi connectivity index (χ3n) is 3.23. The zero-order valence-corrected chi connectivity index (χ0v) is 12.8. The number of anilines is 1. The summed E-state index contributed by atoms with van der Waals surface area (Å²) in [5, 5.41) is 5.27. The molecule has 0 aliphatic carbocycles. The van der Waals surface area contributed by atoms with Crippen LogP contribution in [-0.2, 0) is 6.54 Å². The van der Waals surface area contributed by atoms with Crippen LogP contribution in [0.15, 0.2) is 35.8 Å². The summed E-state index contributed by atoms with van der Waals surface area (Å²) >= 11 is 1.40. The quantitative estimate of drug-likeness (QED) is 0.879. The Bertz CT molecular complexity index is 640. The summed E-state index contributed by atoms with van der Waals surface area (Å²) in [6.07, 6.45) is 1.67. The predicted molar refractivity (Wildman–Crippen MR) is 82.7 cm³/mol. The van der Waals surface area contributed by atoms with Crippen molar-refractivity contribution in [1.82, 2.24) is 9.88 Å². The van der Waals surface area contributed by atoms with Gasteiger partial charge in [-0.05, 0) is 19.9 Å². The molecule has 1 aromatic heterocycles. The van der Waals surface area contributed by atoms with E-state index in [0.717, 1.165) is 11.3 Å². The first kappa shape index (κ1) is 13.9. The van der Waals surface area contributed by atoms with Crippen LogP contribution >= 0.6 is 11.3 Å². The fourth-order valence-electron chi connectivity index (χ4n) is 2.38. The van der Waals surface area contributed by atoms with E-state index in [1.165, 1.54) is 11.3 Å². The Morgan fingerprint density at radius 1 is 1.43 bits per heavy atom. The SMILES string of the molecule is CC1(C)CN(C(=O)Nc2nccs2)Cc2ccccc2O1. The molecule has 2 heterocycles. The Balaban J connectivity index is 1.83. The van der Waals surface area contributed by atoms with Gasteiger partial charge in [-0.2, -0.15) is 0 Å². The molecule has 2 aromatic rings. The van der Waals surface area contributed by atoms with Gasteiger partial charge in [0, 0.05) is 17.1 Å². The lowest BCUT2D eigenvalue weighted by Crippen LogP contribution is -2.44. The minimum Gasteiger partial charge on any atom is -0.486 e. The Morgan fingerprint density at radius 2 is 2.24 bits per heavy atom. The third kappa shape index (κ3) is 3.16. The van der Waals surface area contributed by atoms with Crippen molar-refractivity contribution in [3.05, 3.63) is 41.4 Å². The van der Waals surface area contributed by atoms with Crippen molar-refractivity contribution in [1.29, 1.82) is 0 Å². The molecule has 0 bridgehead atoms. The number of hydrogen-bond donors (Lipinski definition) is 1. The van der Waals surface area contributed by atoms with E-state index in [1.54, 1.807) is 11.1 Å². The molecule has 1 N–H and O–H groups in total. The summed E-state index contributed by atoms with van der Waals surface area (Å²) in [6, 6.07) is 7.68. The normalized spacial score (nSPS) is 16.6. The highest BCUT2D eigenvalue weighted by Crippen LogP contribution is 2.29. The van der Waals surface area contributed by atoms with Crippen molar-refractivity contribution in [3.63, 3.8) is 0 Å². The first-order chi connectivity index (χ1) is 10.0. The van der Waals surface area contributed by atoms with Crippen LogP contribution in [-0.4, -0.2) is 28.1 Å². The number of ether oxygens (including phenoxy) is 1. The molecule has 1 aliphatic rings. The minimum absolute atomic E-state index is 0.154. The number of carbonyl (C=O) groups excluding carboxylic acids is 1. The first-order valence-electron chi connectivity index (χ1n) is 6.76. The maximum atomic E-state index is 12.4. The largest absolute Gasteiger partial charge is 0.486 e. The number of benzene rings is 1. The summed E-state index contributed by atoms with van der Waals surface area (Å²) in [7, 11) is 0. The Kier molecular flexibility index (Phi) is 3.55. The Hall–Kier alpha value is -2.08. The van der Waals surface area contributed by atoms with E-state index < -0.39 is 5.60 Å². The van der Waals surface area contributed by atoms with Gasteiger partial charge in [0.15, 0.2) is 5.13 Å². The summed E-state index contributed by atoms with van der Waals surface area (Å²) in [5.41, 5.74) is 0.574. The smallest absolute Gasteiger partial charge is 0.324 e. The highest BCUT2D eigenvalue weighted by Gasteiger charge is 2.31. The molecule has 0 fully saturated rings. The molecule has 0 saturated heterocycles. The molecule has 0 spiro atoms. The van der Waals surface area contributed by atoms with Gasteiger partial charge in [-0.1, -0.05) is 18.2 Å². The van der Waals surface area contributed by atoms with Gasteiger partial charge < -0.3 is 9.64 Å². The summed E-state index contributed by atoms with van der Waals surface area (Å²) < 4.78 is 6.03. The Labute approximate surface area is 127 Å². The number of amides is 2. The van der Waals surface area contributed by atoms with Gasteiger partial charge in [0.2, 0.25) is 0 Å². The molecule has 0 atom stereocenters. The van der Waals surface area contributed by atoms with E-state index in [4.69, 9.17) is 4.74 Å². The van der Waals surface area contributed by atoms with Gasteiger partial charge in [-0.25, -0.2) is 9.78 Å². The molecule has 5 nitrogen and oxygen atoms in total. The fourth-order valence-corrected chi connectivity index (χ4v) is 2.90. The van der Waals surface area contributed by atoms with Gasteiger partial charge >= 0.3 is 6.03 Å². The van der Waals surface area contributed by atoms with Crippen LogP contribution in [0.25, 0.3) is 0 Å². The van der Waals surface area contributed by atoms with Crippen LogP contribution in [0.3, 0.4) is 0 Å². The number of nitrogens with one attached hydrogen (secondary N) is 1. The van der Waals surface area contributed by atoms with Crippen molar-refractivity contribution in [3.8, 4) is 5.75 Å². The lowest BCUT2D eigenvalue weighted by Gasteiger charge is -2.29. The van der Waals surface area contributed by atoms with Crippen LogP contribution in [0.4, 0.5) is 9.93 Å².